The summed E-state index contributed by atoms with van der Waals surface area (Å²) in [6.45, 7) is 6.31. The second kappa shape index (κ2) is 6.12. The van der Waals surface area contributed by atoms with Gasteiger partial charge >= 0.3 is 5.97 Å². The minimum absolute atomic E-state index is 0.475. The molecule has 5 heteroatoms. The highest BCUT2D eigenvalue weighted by Crippen LogP contribution is 2.26. The van der Waals surface area contributed by atoms with Gasteiger partial charge in [-0.15, -0.1) is 11.8 Å². The van der Waals surface area contributed by atoms with Gasteiger partial charge in [-0.1, -0.05) is 6.92 Å². The average molecular weight is 257 g/mol. The third-order valence-electron chi connectivity index (χ3n) is 2.56. The molecule has 0 spiro atoms. The van der Waals surface area contributed by atoms with Gasteiger partial charge in [0.2, 0.25) is 0 Å². The lowest BCUT2D eigenvalue weighted by atomic mass is 10.1. The van der Waals surface area contributed by atoms with Crippen LogP contribution in [0.5, 0.6) is 0 Å². The second-order valence-electron chi connectivity index (χ2n) is 4.19. The van der Waals surface area contributed by atoms with Crippen LogP contribution in [0.3, 0.4) is 0 Å². The quantitative estimate of drug-likeness (QED) is 0.735. The zero-order chi connectivity index (χ0) is 12.9. The van der Waals surface area contributed by atoms with Crippen molar-refractivity contribution in [2.45, 2.75) is 37.6 Å². The van der Waals surface area contributed by atoms with Crippen LogP contribution in [-0.4, -0.2) is 28.9 Å². The summed E-state index contributed by atoms with van der Waals surface area (Å²) in [5.74, 6) is 0.487. The first-order chi connectivity index (χ1) is 7.99. The first kappa shape index (κ1) is 14.1. The Morgan fingerprint density at radius 2 is 2.35 bits per heavy atom. The number of carboxylic acids is 1. The van der Waals surface area contributed by atoms with Gasteiger partial charge in [-0.25, -0.2) is 0 Å². The maximum absolute atomic E-state index is 11.3. The van der Waals surface area contributed by atoms with E-state index in [9.17, 15) is 9.90 Å². The number of thioether (sulfide) groups is 1. The summed E-state index contributed by atoms with van der Waals surface area (Å²) in [5, 5.41) is 12.3. The standard InChI is InChI=1S/C12H19NO3S/c1-4-6-13-12(3,11(14)15)8-17-10-5-7-16-9(10)2/h5,7,13H,4,6,8H2,1-3H3,(H,14,15). The number of nitrogens with one attached hydrogen (secondary N) is 1. The minimum atomic E-state index is -0.898. The van der Waals surface area contributed by atoms with E-state index in [1.807, 2.05) is 19.9 Å². The molecule has 0 fully saturated rings. The fraction of sp³-hybridized carbons (Fsp3) is 0.583. The van der Waals surface area contributed by atoms with Crippen molar-refractivity contribution in [3.63, 3.8) is 0 Å². The molecule has 0 bridgehead atoms. The van der Waals surface area contributed by atoms with Gasteiger partial charge in [0.1, 0.15) is 11.3 Å². The maximum atomic E-state index is 11.3. The molecule has 1 rings (SSSR count). The van der Waals surface area contributed by atoms with Crippen LogP contribution in [0.1, 0.15) is 26.0 Å². The molecule has 0 aromatic carbocycles. The Bertz CT molecular complexity index is 378. The molecule has 0 aliphatic heterocycles. The van der Waals surface area contributed by atoms with Crippen LogP contribution < -0.4 is 5.32 Å². The predicted octanol–water partition coefficient (Wildman–Crippen LogP) is 2.52. The van der Waals surface area contributed by atoms with Crippen LogP contribution >= 0.6 is 11.8 Å². The number of carboxylic acid groups (broad SMARTS) is 1. The van der Waals surface area contributed by atoms with Gasteiger partial charge in [0.05, 0.1) is 6.26 Å². The molecule has 0 saturated carbocycles. The molecule has 96 valence electrons. The lowest BCUT2D eigenvalue weighted by Crippen LogP contribution is -2.51. The van der Waals surface area contributed by atoms with Crippen LogP contribution in [0.15, 0.2) is 21.6 Å². The normalized spacial score (nSPS) is 14.5. The van der Waals surface area contributed by atoms with Crippen molar-refractivity contribution in [3.05, 3.63) is 18.1 Å². The number of carbonyl (C=O) groups is 1. The predicted molar refractivity (Wildman–Crippen MR) is 68.5 cm³/mol. The summed E-state index contributed by atoms with van der Waals surface area (Å²) in [5.41, 5.74) is -0.898. The lowest BCUT2D eigenvalue weighted by Gasteiger charge is -2.25. The number of aryl methyl sites for hydroxylation is 1. The van der Waals surface area contributed by atoms with E-state index < -0.39 is 11.5 Å². The van der Waals surface area contributed by atoms with Gasteiger partial charge in [-0.05, 0) is 32.9 Å². The monoisotopic (exact) mass is 257 g/mol. The highest BCUT2D eigenvalue weighted by Gasteiger charge is 2.32. The van der Waals surface area contributed by atoms with Crippen molar-refractivity contribution >= 4 is 17.7 Å². The molecule has 1 aromatic heterocycles. The molecule has 1 atom stereocenters. The Hall–Kier alpha value is -0.940. The van der Waals surface area contributed by atoms with Gasteiger partial charge in [-0.3, -0.25) is 4.79 Å². The van der Waals surface area contributed by atoms with Gasteiger partial charge in [0, 0.05) is 10.6 Å². The van der Waals surface area contributed by atoms with Gasteiger partial charge in [0.15, 0.2) is 0 Å². The molecular weight excluding hydrogens is 238 g/mol. The van der Waals surface area contributed by atoms with Crippen molar-refractivity contribution in [1.29, 1.82) is 0 Å². The van der Waals surface area contributed by atoms with Gasteiger partial charge in [-0.2, -0.15) is 0 Å². The smallest absolute Gasteiger partial charge is 0.324 e. The van der Waals surface area contributed by atoms with E-state index >= 15 is 0 Å². The Balaban J connectivity index is 2.61. The maximum Gasteiger partial charge on any atom is 0.324 e. The van der Waals surface area contributed by atoms with Crippen LogP contribution in [0.25, 0.3) is 0 Å². The number of furan rings is 1. The molecular formula is C12H19NO3S. The Kier molecular flexibility index (Phi) is 5.08. The zero-order valence-corrected chi connectivity index (χ0v) is 11.3. The number of hydrogen-bond acceptors (Lipinski definition) is 4. The van der Waals surface area contributed by atoms with E-state index in [1.54, 1.807) is 13.2 Å². The van der Waals surface area contributed by atoms with E-state index in [2.05, 4.69) is 5.32 Å². The van der Waals surface area contributed by atoms with Gasteiger partial charge < -0.3 is 14.8 Å². The summed E-state index contributed by atoms with van der Waals surface area (Å²) in [4.78, 5) is 12.3. The largest absolute Gasteiger partial charge is 0.480 e. The molecule has 1 unspecified atom stereocenters. The van der Waals surface area contributed by atoms with Gasteiger partial charge in [0.25, 0.3) is 0 Å². The molecule has 1 heterocycles. The number of hydrogen-bond donors (Lipinski definition) is 2. The summed E-state index contributed by atoms with van der Waals surface area (Å²) < 4.78 is 5.18. The summed E-state index contributed by atoms with van der Waals surface area (Å²) in [6.07, 6.45) is 2.54. The molecule has 0 aliphatic carbocycles. The molecule has 0 radical (unpaired) electrons. The fourth-order valence-corrected chi connectivity index (χ4v) is 2.41. The van der Waals surface area contributed by atoms with E-state index in [4.69, 9.17) is 4.42 Å². The van der Waals surface area contributed by atoms with Crippen LogP contribution in [-0.2, 0) is 4.79 Å². The molecule has 0 aliphatic rings. The van der Waals surface area contributed by atoms with Crippen molar-refractivity contribution in [2.24, 2.45) is 0 Å². The fourth-order valence-electron chi connectivity index (χ4n) is 1.33. The topological polar surface area (TPSA) is 62.5 Å². The van der Waals surface area contributed by atoms with Crippen molar-refractivity contribution in [3.8, 4) is 0 Å². The van der Waals surface area contributed by atoms with Crippen molar-refractivity contribution < 1.29 is 14.3 Å². The van der Waals surface area contributed by atoms with Crippen LogP contribution in [0.4, 0.5) is 0 Å². The molecule has 4 nitrogen and oxygen atoms in total. The second-order valence-corrected chi connectivity index (χ2v) is 5.21. The van der Waals surface area contributed by atoms with E-state index in [0.29, 0.717) is 12.3 Å². The molecule has 1 aromatic rings. The Morgan fingerprint density at radius 3 is 2.82 bits per heavy atom. The van der Waals surface area contributed by atoms with Crippen molar-refractivity contribution in [1.82, 2.24) is 5.32 Å². The third kappa shape index (κ3) is 3.78. The van der Waals surface area contributed by atoms with E-state index in [0.717, 1.165) is 17.1 Å². The Labute approximate surface area is 106 Å². The number of rotatable bonds is 7. The molecule has 2 N–H and O–H groups in total. The average Bonchev–Trinajstić information content (AvgIpc) is 2.69. The third-order valence-corrected chi connectivity index (χ3v) is 4.02. The van der Waals surface area contributed by atoms with E-state index in [1.165, 1.54) is 11.8 Å². The van der Waals surface area contributed by atoms with Crippen LogP contribution in [0, 0.1) is 6.92 Å². The highest BCUT2D eigenvalue weighted by molar-refractivity contribution is 7.99. The Morgan fingerprint density at radius 1 is 1.65 bits per heavy atom. The summed E-state index contributed by atoms with van der Waals surface area (Å²) in [7, 11) is 0. The zero-order valence-electron chi connectivity index (χ0n) is 10.4. The van der Waals surface area contributed by atoms with E-state index in [-0.39, 0.29) is 0 Å². The first-order valence-electron chi connectivity index (χ1n) is 5.65. The summed E-state index contributed by atoms with van der Waals surface area (Å²) >= 11 is 1.50. The highest BCUT2D eigenvalue weighted by atomic mass is 32.2. The molecule has 0 saturated heterocycles. The first-order valence-corrected chi connectivity index (χ1v) is 6.63. The molecule has 17 heavy (non-hydrogen) atoms. The summed E-state index contributed by atoms with van der Waals surface area (Å²) in [6, 6.07) is 1.86. The van der Waals surface area contributed by atoms with Crippen molar-refractivity contribution in [2.75, 3.05) is 12.3 Å². The lowest BCUT2D eigenvalue weighted by molar-refractivity contribution is -0.143. The van der Waals surface area contributed by atoms with Crippen LogP contribution in [0.2, 0.25) is 0 Å². The molecule has 0 amide bonds. The minimum Gasteiger partial charge on any atom is -0.480 e. The number of aliphatic carboxylic acids is 1. The SMILES string of the molecule is CCCNC(C)(CSc1ccoc1C)C(=O)O.